The molecule has 0 heterocycles. The third kappa shape index (κ3) is 16.5. The van der Waals surface area contributed by atoms with Gasteiger partial charge in [0.2, 0.25) is 11.8 Å². The van der Waals surface area contributed by atoms with Gasteiger partial charge in [-0.1, -0.05) is 70.9 Å². The molecule has 1 rings (SSSR count). The van der Waals surface area contributed by atoms with E-state index in [1.165, 1.54) is 0 Å². The lowest BCUT2D eigenvalue weighted by Gasteiger charge is -2.28. The highest BCUT2D eigenvalue weighted by Crippen LogP contribution is 2.12. The van der Waals surface area contributed by atoms with Gasteiger partial charge < -0.3 is 41.6 Å². The zero-order chi connectivity index (χ0) is 30.5. The number of nitrogens with one attached hydrogen (secondary N) is 3. The van der Waals surface area contributed by atoms with Gasteiger partial charge in [0.15, 0.2) is 12.2 Å². The molecular weight excluding hydrogens is 528 g/mol. The van der Waals surface area contributed by atoms with E-state index in [4.69, 9.17) is 25.7 Å². The summed E-state index contributed by atoms with van der Waals surface area (Å²) in [7, 11) is 0. The summed E-state index contributed by atoms with van der Waals surface area (Å²) in [4.78, 5) is 42.2. The highest BCUT2D eigenvalue weighted by molar-refractivity contribution is 5.89. The molecule has 1 aromatic rings. The van der Waals surface area contributed by atoms with E-state index >= 15 is 0 Å². The predicted molar refractivity (Wildman–Crippen MR) is 159 cm³/mol. The number of hydrogen-bond acceptors (Lipinski definition) is 7. The number of amides is 3. The maximum Gasteiger partial charge on any atom is 0.408 e. The number of unbranched alkanes of at least 4 members (excludes halogenated alkanes) is 2. The van der Waals surface area contributed by atoms with Crippen LogP contribution in [0.15, 0.2) is 35.3 Å². The van der Waals surface area contributed by atoms with E-state index in [-0.39, 0.29) is 25.0 Å². The molecule has 0 saturated heterocycles. The van der Waals surface area contributed by atoms with Gasteiger partial charge in [-0.2, -0.15) is 0 Å². The van der Waals surface area contributed by atoms with E-state index in [0.717, 1.165) is 31.2 Å². The standard InChI is InChI=1S/C29H50N6O6/c1-5-7-17-39-27(40-18-8-6-2)23(15-12-16-32-28(30)31)34-24(36)19-33-26(37)25(21(3)4)35-29(38)41-20-22-13-10-9-11-14-22/h9-11,13-14,21,23,25,27H,5-8,12,15-20H2,1-4H3,(H,33,37)(H,34,36)(H,35,38)(H4,30,31,32)/t23-,25-/m0/s1. The molecular formula is C29H50N6O6. The lowest BCUT2D eigenvalue weighted by molar-refractivity contribution is -0.165. The Bertz CT molecular complexity index is 900. The number of nitrogens with zero attached hydrogens (tertiary/aromatic N) is 1. The van der Waals surface area contributed by atoms with Crippen LogP contribution in [-0.4, -0.2) is 68.5 Å². The van der Waals surface area contributed by atoms with Crippen molar-refractivity contribution in [2.45, 2.75) is 91.2 Å². The SMILES string of the molecule is CCCCOC(OCCCC)[C@H](CCCN=C(N)N)NC(=O)CNC(=O)[C@@H](NC(=O)OCc1ccccc1)C(C)C. The fourth-order valence-electron chi connectivity index (χ4n) is 3.73. The minimum atomic E-state index is -0.885. The van der Waals surface area contributed by atoms with Gasteiger partial charge in [-0.3, -0.25) is 14.6 Å². The monoisotopic (exact) mass is 578 g/mol. The molecule has 41 heavy (non-hydrogen) atoms. The molecule has 1 aromatic carbocycles. The Morgan fingerprint density at radius 2 is 1.56 bits per heavy atom. The van der Waals surface area contributed by atoms with Crippen LogP contribution in [0.3, 0.4) is 0 Å². The number of benzene rings is 1. The second-order valence-electron chi connectivity index (χ2n) is 10.1. The molecule has 3 amide bonds. The number of aliphatic imine (C=N–C) groups is 1. The van der Waals surface area contributed by atoms with Crippen molar-refractivity contribution in [2.24, 2.45) is 22.4 Å². The number of hydrogen-bond donors (Lipinski definition) is 5. The van der Waals surface area contributed by atoms with Crippen molar-refractivity contribution in [1.82, 2.24) is 16.0 Å². The molecule has 0 saturated carbocycles. The highest BCUT2D eigenvalue weighted by atomic mass is 16.7. The molecule has 232 valence electrons. The van der Waals surface area contributed by atoms with Crippen molar-refractivity contribution >= 4 is 23.9 Å². The summed E-state index contributed by atoms with van der Waals surface area (Å²) in [6.45, 7) is 8.88. The van der Waals surface area contributed by atoms with Gasteiger partial charge in [-0.15, -0.1) is 0 Å². The number of nitrogens with two attached hydrogens (primary N) is 2. The van der Waals surface area contributed by atoms with Gasteiger partial charge in [-0.25, -0.2) is 4.79 Å². The van der Waals surface area contributed by atoms with Crippen LogP contribution < -0.4 is 27.4 Å². The summed E-state index contributed by atoms with van der Waals surface area (Å²) in [6.07, 6.45) is 3.35. The molecule has 0 unspecified atom stereocenters. The van der Waals surface area contributed by atoms with Gasteiger partial charge in [0.25, 0.3) is 0 Å². The maximum absolute atomic E-state index is 12.9. The van der Waals surface area contributed by atoms with Crippen LogP contribution in [0.1, 0.15) is 71.8 Å². The Balaban J connectivity index is 2.76. The van der Waals surface area contributed by atoms with Crippen LogP contribution in [0.5, 0.6) is 0 Å². The lowest BCUT2D eigenvalue weighted by atomic mass is 10.0. The topological polar surface area (TPSA) is 179 Å². The molecule has 2 atom stereocenters. The van der Waals surface area contributed by atoms with Crippen molar-refractivity contribution < 1.29 is 28.6 Å². The van der Waals surface area contributed by atoms with E-state index < -0.39 is 36.3 Å². The first-order valence-corrected chi connectivity index (χ1v) is 14.5. The maximum atomic E-state index is 12.9. The fraction of sp³-hybridized carbons (Fsp3) is 0.655. The first-order chi connectivity index (χ1) is 19.7. The first-order valence-electron chi connectivity index (χ1n) is 14.5. The van der Waals surface area contributed by atoms with Crippen molar-refractivity contribution in [3.8, 4) is 0 Å². The Morgan fingerprint density at radius 1 is 0.927 bits per heavy atom. The first kappa shape index (κ1) is 35.6. The van der Waals surface area contributed by atoms with Crippen LogP contribution in [0.25, 0.3) is 0 Å². The van der Waals surface area contributed by atoms with E-state index in [0.29, 0.717) is 32.6 Å². The van der Waals surface area contributed by atoms with Crippen LogP contribution in [-0.2, 0) is 30.4 Å². The summed E-state index contributed by atoms with van der Waals surface area (Å²) in [5.41, 5.74) is 11.7. The Morgan fingerprint density at radius 3 is 2.12 bits per heavy atom. The largest absolute Gasteiger partial charge is 0.445 e. The second-order valence-corrected chi connectivity index (χ2v) is 10.1. The molecule has 0 aliphatic heterocycles. The molecule has 12 heteroatoms. The lowest BCUT2D eigenvalue weighted by Crippen LogP contribution is -2.53. The molecule has 0 radical (unpaired) electrons. The highest BCUT2D eigenvalue weighted by Gasteiger charge is 2.27. The van der Waals surface area contributed by atoms with Crippen molar-refractivity contribution in [3.05, 3.63) is 35.9 Å². The Labute approximate surface area is 244 Å². The number of ether oxygens (including phenoxy) is 3. The average molecular weight is 579 g/mol. The van der Waals surface area contributed by atoms with Crippen molar-refractivity contribution in [3.63, 3.8) is 0 Å². The third-order valence-electron chi connectivity index (χ3n) is 6.06. The minimum Gasteiger partial charge on any atom is -0.445 e. The number of carbonyl (C=O) groups excluding carboxylic acids is 3. The molecule has 0 aromatic heterocycles. The summed E-state index contributed by atoms with van der Waals surface area (Å²) >= 11 is 0. The zero-order valence-electron chi connectivity index (χ0n) is 25.0. The number of rotatable bonds is 21. The Hall–Kier alpha value is -3.38. The third-order valence-corrected chi connectivity index (χ3v) is 6.06. The molecule has 0 aliphatic carbocycles. The van der Waals surface area contributed by atoms with Gasteiger partial charge in [0.05, 0.1) is 12.6 Å². The molecule has 7 N–H and O–H groups in total. The predicted octanol–water partition coefficient (Wildman–Crippen LogP) is 2.55. The number of guanidine groups is 1. The van der Waals surface area contributed by atoms with E-state index in [1.54, 1.807) is 13.8 Å². The summed E-state index contributed by atoms with van der Waals surface area (Å²) in [5, 5.41) is 8.14. The van der Waals surface area contributed by atoms with Crippen molar-refractivity contribution in [2.75, 3.05) is 26.3 Å². The average Bonchev–Trinajstić information content (AvgIpc) is 2.94. The van der Waals surface area contributed by atoms with Gasteiger partial charge in [-0.05, 0) is 37.2 Å². The molecule has 0 fully saturated rings. The minimum absolute atomic E-state index is 0.000466. The zero-order valence-corrected chi connectivity index (χ0v) is 25.0. The van der Waals surface area contributed by atoms with E-state index in [1.807, 2.05) is 30.3 Å². The molecule has 0 bridgehead atoms. The van der Waals surface area contributed by atoms with Crippen LogP contribution in [0.4, 0.5) is 4.79 Å². The normalized spacial score (nSPS) is 12.4. The fourth-order valence-corrected chi connectivity index (χ4v) is 3.73. The van der Waals surface area contributed by atoms with Crippen LogP contribution in [0.2, 0.25) is 0 Å². The van der Waals surface area contributed by atoms with Crippen molar-refractivity contribution in [1.29, 1.82) is 0 Å². The van der Waals surface area contributed by atoms with Gasteiger partial charge in [0.1, 0.15) is 12.6 Å². The van der Waals surface area contributed by atoms with Gasteiger partial charge >= 0.3 is 6.09 Å². The smallest absolute Gasteiger partial charge is 0.408 e. The van der Waals surface area contributed by atoms with E-state index in [9.17, 15) is 14.4 Å². The van der Waals surface area contributed by atoms with E-state index in [2.05, 4.69) is 34.8 Å². The molecule has 0 spiro atoms. The second kappa shape index (κ2) is 21.4. The van der Waals surface area contributed by atoms with Gasteiger partial charge in [0, 0.05) is 19.8 Å². The molecule has 12 nitrogen and oxygen atoms in total. The number of alkyl carbamates (subject to hydrolysis) is 1. The molecule has 0 aliphatic rings. The summed E-state index contributed by atoms with van der Waals surface area (Å²) in [6, 6.07) is 7.86. The summed E-state index contributed by atoms with van der Waals surface area (Å²) in [5.74, 6) is -1.15. The quantitative estimate of drug-likeness (QED) is 0.0639. The Kier molecular flexibility index (Phi) is 18.6. The van der Waals surface area contributed by atoms with Crippen LogP contribution in [0, 0.1) is 5.92 Å². The summed E-state index contributed by atoms with van der Waals surface area (Å²) < 4.78 is 17.2. The number of carbonyl (C=O) groups is 3. The van der Waals surface area contributed by atoms with Crippen LogP contribution >= 0.6 is 0 Å².